The van der Waals surface area contributed by atoms with Gasteiger partial charge in [0.1, 0.15) is 5.78 Å². The van der Waals surface area contributed by atoms with Gasteiger partial charge in [-0.25, -0.2) is 0 Å². The molecule has 2 nitrogen and oxygen atoms in total. The second-order valence-corrected chi connectivity index (χ2v) is 5.81. The first-order chi connectivity index (χ1) is 7.03. The Hall–Kier alpha value is -0.370. The Morgan fingerprint density at radius 2 is 2.33 bits per heavy atom. The van der Waals surface area contributed by atoms with E-state index in [-0.39, 0.29) is 11.5 Å². The molecule has 0 saturated heterocycles. The Balaban J connectivity index is 2.00. The van der Waals surface area contributed by atoms with Crippen LogP contribution in [0.2, 0.25) is 0 Å². The van der Waals surface area contributed by atoms with Crippen LogP contribution in [0.1, 0.15) is 52.4 Å². The third-order valence-corrected chi connectivity index (χ3v) is 4.27. The van der Waals surface area contributed by atoms with E-state index in [2.05, 4.69) is 6.92 Å². The molecule has 0 aromatic carbocycles. The number of aliphatic hydroxyl groups excluding tert-OH is 1. The van der Waals surface area contributed by atoms with Gasteiger partial charge in [0.05, 0.1) is 6.10 Å². The van der Waals surface area contributed by atoms with Gasteiger partial charge in [0, 0.05) is 11.3 Å². The normalized spacial score (nSPS) is 41.9. The molecule has 2 aliphatic rings. The molecule has 0 aromatic rings. The Kier molecular flexibility index (Phi) is 2.89. The molecule has 0 heterocycles. The number of hydrogen-bond donors (Lipinski definition) is 1. The average molecular weight is 210 g/mol. The number of carbonyl (C=O) groups excluding carboxylic acids is 1. The highest BCUT2D eigenvalue weighted by molar-refractivity contribution is 5.89. The first kappa shape index (κ1) is 11.1. The fourth-order valence-corrected chi connectivity index (χ4v) is 2.99. The van der Waals surface area contributed by atoms with Gasteiger partial charge in [0.2, 0.25) is 0 Å². The lowest BCUT2D eigenvalue weighted by molar-refractivity contribution is -0.130. The molecule has 0 amide bonds. The Labute approximate surface area is 92.1 Å². The molecule has 1 N–H and O–H groups in total. The van der Waals surface area contributed by atoms with Crippen LogP contribution < -0.4 is 0 Å². The molecule has 15 heavy (non-hydrogen) atoms. The van der Waals surface area contributed by atoms with Gasteiger partial charge >= 0.3 is 0 Å². The molecule has 1 unspecified atom stereocenters. The van der Waals surface area contributed by atoms with Crippen molar-refractivity contribution in [2.45, 2.75) is 58.5 Å². The summed E-state index contributed by atoms with van der Waals surface area (Å²) < 4.78 is 0. The van der Waals surface area contributed by atoms with Gasteiger partial charge in [0.25, 0.3) is 0 Å². The minimum absolute atomic E-state index is 0.132. The highest BCUT2D eigenvalue weighted by atomic mass is 16.3. The van der Waals surface area contributed by atoms with Gasteiger partial charge in [-0.15, -0.1) is 0 Å². The molecule has 86 valence electrons. The first-order valence-corrected chi connectivity index (χ1v) is 6.25. The van der Waals surface area contributed by atoms with Crippen molar-refractivity contribution >= 4 is 5.78 Å². The zero-order valence-electron chi connectivity index (χ0n) is 9.83. The van der Waals surface area contributed by atoms with Crippen molar-refractivity contribution in [2.75, 3.05) is 0 Å². The molecule has 2 saturated carbocycles. The third-order valence-electron chi connectivity index (χ3n) is 4.27. The molecular weight excluding hydrogens is 188 g/mol. The zero-order valence-corrected chi connectivity index (χ0v) is 9.83. The predicted molar refractivity (Wildman–Crippen MR) is 59.5 cm³/mol. The van der Waals surface area contributed by atoms with E-state index in [4.69, 9.17) is 0 Å². The fraction of sp³-hybridized carbons (Fsp3) is 0.923. The molecule has 2 rings (SSSR count). The molecule has 0 aromatic heterocycles. The number of fused-ring (bicyclic) bond motifs is 1. The van der Waals surface area contributed by atoms with Crippen molar-refractivity contribution in [1.29, 1.82) is 0 Å². The van der Waals surface area contributed by atoms with Crippen LogP contribution in [0, 0.1) is 17.3 Å². The second-order valence-electron chi connectivity index (χ2n) is 5.81. The maximum Gasteiger partial charge on any atom is 0.142 e. The average Bonchev–Trinajstić information content (AvgIpc) is 2.92. The Morgan fingerprint density at radius 1 is 1.60 bits per heavy atom. The van der Waals surface area contributed by atoms with Gasteiger partial charge in [0.15, 0.2) is 0 Å². The van der Waals surface area contributed by atoms with Crippen LogP contribution >= 0.6 is 0 Å². The van der Waals surface area contributed by atoms with Crippen LogP contribution in [-0.2, 0) is 4.79 Å². The Bertz CT molecular complexity index is 259. The fourth-order valence-electron chi connectivity index (χ4n) is 2.99. The lowest BCUT2D eigenvalue weighted by atomic mass is 9.76. The van der Waals surface area contributed by atoms with E-state index in [1.165, 1.54) is 12.8 Å². The minimum atomic E-state index is -0.270. The van der Waals surface area contributed by atoms with Crippen molar-refractivity contribution in [3.05, 3.63) is 0 Å². The quantitative estimate of drug-likeness (QED) is 0.777. The Morgan fingerprint density at radius 3 is 3.00 bits per heavy atom. The van der Waals surface area contributed by atoms with Gasteiger partial charge in [-0.2, -0.15) is 0 Å². The van der Waals surface area contributed by atoms with Crippen LogP contribution in [0.4, 0.5) is 0 Å². The highest BCUT2D eigenvalue weighted by Crippen LogP contribution is 2.52. The van der Waals surface area contributed by atoms with Crippen molar-refractivity contribution in [2.24, 2.45) is 17.3 Å². The van der Waals surface area contributed by atoms with E-state index in [0.717, 1.165) is 25.7 Å². The van der Waals surface area contributed by atoms with Crippen LogP contribution in [0.25, 0.3) is 0 Å². The maximum absolute atomic E-state index is 12.2. The first-order valence-electron chi connectivity index (χ1n) is 6.25. The summed E-state index contributed by atoms with van der Waals surface area (Å²) in [6.45, 7) is 3.92. The molecule has 2 fully saturated rings. The van der Waals surface area contributed by atoms with Crippen molar-refractivity contribution in [1.82, 2.24) is 0 Å². The monoisotopic (exact) mass is 210 g/mol. The van der Waals surface area contributed by atoms with Gasteiger partial charge in [-0.1, -0.05) is 13.3 Å². The molecule has 0 radical (unpaired) electrons. The third kappa shape index (κ3) is 2.25. The van der Waals surface area contributed by atoms with E-state index in [0.29, 0.717) is 17.6 Å². The lowest BCUT2D eigenvalue weighted by Crippen LogP contribution is -2.29. The van der Waals surface area contributed by atoms with Crippen molar-refractivity contribution in [3.63, 3.8) is 0 Å². The number of hydrogen-bond acceptors (Lipinski definition) is 2. The number of carbonyl (C=O) groups is 1. The summed E-state index contributed by atoms with van der Waals surface area (Å²) in [5.41, 5.74) is -0.132. The van der Waals surface area contributed by atoms with Gasteiger partial charge in [-0.3, -0.25) is 4.79 Å². The van der Waals surface area contributed by atoms with Gasteiger partial charge < -0.3 is 5.11 Å². The zero-order chi connectivity index (χ0) is 11.1. The second kappa shape index (κ2) is 3.89. The van der Waals surface area contributed by atoms with E-state index < -0.39 is 0 Å². The summed E-state index contributed by atoms with van der Waals surface area (Å²) in [7, 11) is 0. The summed E-state index contributed by atoms with van der Waals surface area (Å²) in [6.07, 6.45) is 5.98. The number of aliphatic hydroxyl groups is 1. The summed E-state index contributed by atoms with van der Waals surface area (Å²) in [6, 6.07) is 0. The summed E-state index contributed by atoms with van der Waals surface area (Å²) in [4.78, 5) is 12.2. The van der Waals surface area contributed by atoms with Crippen LogP contribution in [0.15, 0.2) is 0 Å². The molecule has 4 atom stereocenters. The largest absolute Gasteiger partial charge is 0.393 e. The predicted octanol–water partition coefficient (Wildman–Crippen LogP) is 2.54. The number of rotatable bonds is 3. The molecule has 0 bridgehead atoms. The molecule has 2 aliphatic carbocycles. The van der Waals surface area contributed by atoms with Crippen LogP contribution in [-0.4, -0.2) is 17.0 Å². The van der Waals surface area contributed by atoms with E-state index in [1.807, 2.05) is 6.92 Å². The molecule has 0 spiro atoms. The highest BCUT2D eigenvalue weighted by Gasteiger charge is 2.50. The number of ketones is 1. The number of Topliss-reactive ketones (excluding diaryl/α,β-unsaturated/α-hetero) is 1. The lowest BCUT2D eigenvalue weighted by Gasteiger charge is -2.27. The summed E-state index contributed by atoms with van der Waals surface area (Å²) >= 11 is 0. The minimum Gasteiger partial charge on any atom is -0.393 e. The standard InChI is InChI=1S/C13H22O2/c1-9(14)5-7-13(2)6-3-4-10-8-11(10)12(13)15/h9-11,14H,3-8H2,1-2H3/t9?,10-,11+,13-/m1/s1. The smallest absolute Gasteiger partial charge is 0.142 e. The molecule has 2 heteroatoms. The molecular formula is C13H22O2. The van der Waals surface area contributed by atoms with Crippen molar-refractivity contribution in [3.8, 4) is 0 Å². The summed E-state index contributed by atoms with van der Waals surface area (Å²) in [5.74, 6) is 1.59. The van der Waals surface area contributed by atoms with Crippen LogP contribution in [0.3, 0.4) is 0 Å². The summed E-state index contributed by atoms with van der Waals surface area (Å²) in [5, 5.41) is 9.32. The van der Waals surface area contributed by atoms with E-state index >= 15 is 0 Å². The SMILES string of the molecule is CC(O)CC[C@@]1(C)CCC[C@@H]2C[C@@H]2C1=O. The van der Waals surface area contributed by atoms with Crippen LogP contribution in [0.5, 0.6) is 0 Å². The van der Waals surface area contributed by atoms with Gasteiger partial charge in [-0.05, 0) is 44.9 Å². The van der Waals surface area contributed by atoms with E-state index in [1.54, 1.807) is 0 Å². The topological polar surface area (TPSA) is 37.3 Å². The van der Waals surface area contributed by atoms with Crippen molar-refractivity contribution < 1.29 is 9.90 Å². The maximum atomic E-state index is 12.2. The van der Waals surface area contributed by atoms with E-state index in [9.17, 15) is 9.90 Å². The molecule has 0 aliphatic heterocycles.